The first-order chi connectivity index (χ1) is 15.1. The Hall–Kier alpha value is -3.46. The zero-order chi connectivity index (χ0) is 21.2. The molecule has 3 nitrogen and oxygen atoms in total. The predicted molar refractivity (Wildman–Crippen MR) is 120 cm³/mol. The lowest BCUT2D eigenvalue weighted by molar-refractivity contribution is -0.140. The summed E-state index contributed by atoms with van der Waals surface area (Å²) in [6.07, 6.45) is 4.29. The smallest absolute Gasteiger partial charge is 0.241 e. The number of hydrogen-bond donors (Lipinski definition) is 0. The number of rotatable bonds is 3. The Kier molecular flexibility index (Phi) is 3.85. The number of amides is 2. The molecule has 3 aliphatic rings. The molecule has 3 aromatic rings. The lowest BCUT2D eigenvalue weighted by Gasteiger charge is -2.56. The van der Waals surface area contributed by atoms with Crippen LogP contribution in [0.15, 0.2) is 84.9 Å². The maximum absolute atomic E-state index is 14.0. The van der Waals surface area contributed by atoms with Crippen LogP contribution in [-0.4, -0.2) is 16.7 Å². The number of hydrogen-bond acceptors (Lipinski definition) is 2. The lowest BCUT2D eigenvalue weighted by Crippen LogP contribution is -2.61. The Bertz CT molecular complexity index is 1230. The van der Waals surface area contributed by atoms with Crippen molar-refractivity contribution in [1.82, 2.24) is 4.90 Å². The standard InChI is InChI=1S/C28H23NO2/c1-18-11-13-21(14-12-18)24-23-16-15-20-9-5-6-10-22(20)28(23)25(24)26(30)29(27(28)31)17-19-7-3-2-4-8-19/h2-16,23-25H,17H2,1H3. The van der Waals surface area contributed by atoms with Crippen LogP contribution in [0.25, 0.3) is 6.08 Å². The van der Waals surface area contributed by atoms with Crippen LogP contribution in [0, 0.1) is 18.8 Å². The van der Waals surface area contributed by atoms with Gasteiger partial charge in [-0.3, -0.25) is 14.5 Å². The molecular weight excluding hydrogens is 382 g/mol. The molecule has 6 rings (SSSR count). The molecule has 3 aromatic carbocycles. The Labute approximate surface area is 182 Å². The van der Waals surface area contributed by atoms with Gasteiger partial charge in [-0.2, -0.15) is 0 Å². The summed E-state index contributed by atoms with van der Waals surface area (Å²) >= 11 is 0. The molecule has 31 heavy (non-hydrogen) atoms. The SMILES string of the molecule is Cc1ccc(C2C3C=Cc4ccccc4C34C(=O)N(Cc3ccccc3)C(=O)C24)cc1. The number of carbonyl (C=O) groups is 2. The van der Waals surface area contributed by atoms with E-state index in [0.717, 1.165) is 22.3 Å². The van der Waals surface area contributed by atoms with E-state index < -0.39 is 5.41 Å². The fraction of sp³-hybridized carbons (Fsp3) is 0.214. The first kappa shape index (κ1) is 18.3. The summed E-state index contributed by atoms with van der Waals surface area (Å²) in [6, 6.07) is 26.3. The lowest BCUT2D eigenvalue weighted by atomic mass is 9.42. The summed E-state index contributed by atoms with van der Waals surface area (Å²) in [7, 11) is 0. The molecule has 152 valence electrons. The topological polar surface area (TPSA) is 37.4 Å². The second-order valence-corrected chi connectivity index (χ2v) is 8.97. The van der Waals surface area contributed by atoms with Crippen LogP contribution in [0.4, 0.5) is 0 Å². The number of aryl methyl sites for hydroxylation is 1. The van der Waals surface area contributed by atoms with Gasteiger partial charge in [-0.05, 0) is 29.2 Å². The molecule has 4 atom stereocenters. The minimum atomic E-state index is -0.785. The Morgan fingerprint density at radius 2 is 1.58 bits per heavy atom. The highest BCUT2D eigenvalue weighted by atomic mass is 16.2. The summed E-state index contributed by atoms with van der Waals surface area (Å²) < 4.78 is 0. The van der Waals surface area contributed by atoms with E-state index in [0.29, 0.717) is 6.54 Å². The van der Waals surface area contributed by atoms with Crippen LogP contribution in [0.3, 0.4) is 0 Å². The van der Waals surface area contributed by atoms with E-state index in [2.05, 4.69) is 43.3 Å². The third kappa shape index (κ3) is 2.35. The maximum Gasteiger partial charge on any atom is 0.241 e. The summed E-state index contributed by atoms with van der Waals surface area (Å²) in [5, 5.41) is 0. The molecule has 4 unspecified atom stereocenters. The van der Waals surface area contributed by atoms with Gasteiger partial charge >= 0.3 is 0 Å². The van der Waals surface area contributed by atoms with Crippen molar-refractivity contribution in [2.45, 2.75) is 24.8 Å². The average molecular weight is 405 g/mol. The van der Waals surface area contributed by atoms with Crippen LogP contribution >= 0.6 is 0 Å². The van der Waals surface area contributed by atoms with Crippen LogP contribution in [0.2, 0.25) is 0 Å². The Morgan fingerprint density at radius 3 is 2.35 bits per heavy atom. The molecule has 1 heterocycles. The zero-order valence-corrected chi connectivity index (χ0v) is 17.4. The van der Waals surface area contributed by atoms with Crippen LogP contribution < -0.4 is 0 Å². The predicted octanol–water partition coefficient (Wildman–Crippen LogP) is 4.86. The number of fused-ring (bicyclic) bond motifs is 1. The number of likely N-dealkylation sites (tertiary alicyclic amines) is 1. The molecule has 1 saturated heterocycles. The van der Waals surface area contributed by atoms with E-state index >= 15 is 0 Å². The van der Waals surface area contributed by atoms with Crippen LogP contribution in [0.1, 0.15) is 33.7 Å². The van der Waals surface area contributed by atoms with Crippen molar-refractivity contribution < 1.29 is 9.59 Å². The highest BCUT2D eigenvalue weighted by Gasteiger charge is 2.75. The number of allylic oxidation sites excluding steroid dienone is 1. The van der Waals surface area contributed by atoms with E-state index in [1.54, 1.807) is 0 Å². The van der Waals surface area contributed by atoms with Gasteiger partial charge in [-0.1, -0.05) is 96.6 Å². The van der Waals surface area contributed by atoms with E-state index in [-0.39, 0.29) is 29.6 Å². The molecular formula is C28H23NO2. The van der Waals surface area contributed by atoms with Crippen molar-refractivity contribution in [3.05, 3.63) is 113 Å². The van der Waals surface area contributed by atoms with E-state index in [1.165, 1.54) is 10.5 Å². The average Bonchev–Trinajstić information content (AvgIpc) is 2.94. The van der Waals surface area contributed by atoms with Gasteiger partial charge in [0.25, 0.3) is 0 Å². The Balaban J connectivity index is 1.50. The third-order valence-corrected chi connectivity index (χ3v) is 7.43. The van der Waals surface area contributed by atoms with Crippen LogP contribution in [0.5, 0.6) is 0 Å². The van der Waals surface area contributed by atoms with Crippen molar-refractivity contribution in [3.8, 4) is 0 Å². The van der Waals surface area contributed by atoms with Crippen molar-refractivity contribution in [2.75, 3.05) is 0 Å². The molecule has 2 amide bonds. The minimum absolute atomic E-state index is 0.00710. The molecule has 0 N–H and O–H groups in total. The first-order valence-corrected chi connectivity index (χ1v) is 10.9. The highest BCUT2D eigenvalue weighted by Crippen LogP contribution is 2.68. The van der Waals surface area contributed by atoms with E-state index in [4.69, 9.17) is 0 Å². The molecule has 0 bridgehead atoms. The number of imide groups is 1. The van der Waals surface area contributed by atoms with Gasteiger partial charge < -0.3 is 0 Å². The third-order valence-electron chi connectivity index (χ3n) is 7.43. The fourth-order valence-corrected chi connectivity index (χ4v) is 6.04. The quantitative estimate of drug-likeness (QED) is 0.584. The van der Waals surface area contributed by atoms with Gasteiger partial charge in [-0.25, -0.2) is 0 Å². The summed E-state index contributed by atoms with van der Waals surface area (Å²) in [5.74, 6) is -0.436. The summed E-state index contributed by atoms with van der Waals surface area (Å²) in [5.41, 5.74) is 4.58. The van der Waals surface area contributed by atoms with Crippen LogP contribution in [-0.2, 0) is 21.5 Å². The molecule has 1 spiro atoms. The molecule has 0 aromatic heterocycles. The summed E-state index contributed by atoms with van der Waals surface area (Å²) in [6.45, 7) is 2.40. The van der Waals surface area contributed by atoms with Gasteiger partial charge in [-0.15, -0.1) is 0 Å². The minimum Gasteiger partial charge on any atom is -0.277 e. The van der Waals surface area contributed by atoms with Gasteiger partial charge in [0.05, 0.1) is 17.9 Å². The largest absolute Gasteiger partial charge is 0.277 e. The van der Waals surface area contributed by atoms with Crippen molar-refractivity contribution >= 4 is 17.9 Å². The van der Waals surface area contributed by atoms with E-state index in [9.17, 15) is 9.59 Å². The van der Waals surface area contributed by atoms with E-state index in [1.807, 2.05) is 54.6 Å². The van der Waals surface area contributed by atoms with Crippen molar-refractivity contribution in [3.63, 3.8) is 0 Å². The molecule has 1 saturated carbocycles. The normalized spacial score (nSPS) is 28.0. The molecule has 2 fully saturated rings. The number of nitrogens with zero attached hydrogens (tertiary/aromatic N) is 1. The van der Waals surface area contributed by atoms with Gasteiger partial charge in [0, 0.05) is 11.8 Å². The second-order valence-electron chi connectivity index (χ2n) is 8.97. The molecule has 3 heteroatoms. The Morgan fingerprint density at radius 1 is 0.871 bits per heavy atom. The molecule has 1 aliphatic heterocycles. The number of carbonyl (C=O) groups excluding carboxylic acids is 2. The molecule has 2 aliphatic carbocycles. The zero-order valence-electron chi connectivity index (χ0n) is 17.4. The monoisotopic (exact) mass is 405 g/mol. The highest BCUT2D eigenvalue weighted by molar-refractivity contribution is 6.14. The fourth-order valence-electron chi connectivity index (χ4n) is 6.04. The van der Waals surface area contributed by atoms with Gasteiger partial charge in [0.1, 0.15) is 0 Å². The molecule has 0 radical (unpaired) electrons. The van der Waals surface area contributed by atoms with Gasteiger partial charge in [0.2, 0.25) is 11.8 Å². The second kappa shape index (κ2) is 6.52. The summed E-state index contributed by atoms with van der Waals surface area (Å²) in [4.78, 5) is 29.3. The van der Waals surface area contributed by atoms with Crippen molar-refractivity contribution in [2.24, 2.45) is 11.8 Å². The number of benzene rings is 3. The maximum atomic E-state index is 14.0. The first-order valence-electron chi connectivity index (χ1n) is 10.9. The van der Waals surface area contributed by atoms with Gasteiger partial charge in [0.15, 0.2) is 0 Å². The van der Waals surface area contributed by atoms with Crippen molar-refractivity contribution in [1.29, 1.82) is 0 Å².